The number of aromatic nitrogens is 7. The van der Waals surface area contributed by atoms with Gasteiger partial charge in [-0.2, -0.15) is 5.10 Å². The average Bonchev–Trinajstić information content (AvgIpc) is 3.52. The molecule has 0 N–H and O–H groups in total. The molecule has 1 amide bonds. The van der Waals surface area contributed by atoms with E-state index in [1.54, 1.807) is 40.4 Å². The lowest BCUT2D eigenvalue weighted by molar-refractivity contribution is 0.0736. The van der Waals surface area contributed by atoms with Gasteiger partial charge in [-0.25, -0.2) is 9.67 Å². The van der Waals surface area contributed by atoms with E-state index in [9.17, 15) is 4.79 Å². The Balaban J connectivity index is 1.22. The Bertz CT molecular complexity index is 1120. The molecule has 0 aromatic carbocycles. The number of anilines is 1. The highest BCUT2D eigenvalue weighted by Gasteiger charge is 2.25. The first kappa shape index (κ1) is 17.9. The highest BCUT2D eigenvalue weighted by molar-refractivity contribution is 5.93. The van der Waals surface area contributed by atoms with Gasteiger partial charge in [-0.05, 0) is 24.3 Å². The number of hydrogen-bond donors (Lipinski definition) is 0. The van der Waals surface area contributed by atoms with E-state index in [1.165, 1.54) is 6.33 Å². The van der Waals surface area contributed by atoms with E-state index in [0.29, 0.717) is 43.5 Å². The van der Waals surface area contributed by atoms with Gasteiger partial charge in [0.15, 0.2) is 23.1 Å². The maximum Gasteiger partial charge on any atom is 0.276 e. The zero-order valence-electron chi connectivity index (χ0n) is 15.9. The van der Waals surface area contributed by atoms with E-state index in [1.807, 2.05) is 18.2 Å². The summed E-state index contributed by atoms with van der Waals surface area (Å²) in [5, 5.41) is 16.4. The summed E-state index contributed by atoms with van der Waals surface area (Å²) in [5.74, 6) is 1.72. The molecule has 4 aromatic rings. The van der Waals surface area contributed by atoms with Crippen LogP contribution in [0.1, 0.15) is 10.5 Å². The van der Waals surface area contributed by atoms with Gasteiger partial charge in [0, 0.05) is 50.2 Å². The summed E-state index contributed by atoms with van der Waals surface area (Å²) in [6.45, 7) is 2.41. The first-order chi connectivity index (χ1) is 14.8. The van der Waals surface area contributed by atoms with E-state index >= 15 is 0 Å². The van der Waals surface area contributed by atoms with Gasteiger partial charge >= 0.3 is 0 Å². The van der Waals surface area contributed by atoms with Crippen LogP contribution in [-0.4, -0.2) is 72.1 Å². The second-order valence-corrected chi connectivity index (χ2v) is 6.69. The zero-order valence-corrected chi connectivity index (χ0v) is 15.9. The third kappa shape index (κ3) is 3.48. The van der Waals surface area contributed by atoms with Gasteiger partial charge in [-0.3, -0.25) is 9.78 Å². The van der Waals surface area contributed by atoms with Crippen molar-refractivity contribution in [1.82, 2.24) is 40.0 Å². The Kier molecular flexibility index (Phi) is 4.60. The average molecular weight is 403 g/mol. The Hall–Kier alpha value is -4.15. The van der Waals surface area contributed by atoms with Crippen molar-refractivity contribution >= 4 is 11.7 Å². The summed E-state index contributed by atoms with van der Waals surface area (Å²) in [4.78, 5) is 24.6. The molecular weight excluding hydrogens is 386 g/mol. The molecule has 0 unspecified atom stereocenters. The van der Waals surface area contributed by atoms with Crippen molar-refractivity contribution in [3.63, 3.8) is 0 Å². The number of carbonyl (C=O) groups is 1. The van der Waals surface area contributed by atoms with E-state index in [-0.39, 0.29) is 5.91 Å². The monoisotopic (exact) mass is 403 g/mol. The van der Waals surface area contributed by atoms with Gasteiger partial charge in [-0.1, -0.05) is 5.16 Å². The lowest BCUT2D eigenvalue weighted by Crippen LogP contribution is -2.49. The summed E-state index contributed by atoms with van der Waals surface area (Å²) in [6.07, 6.45) is 6.36. The Labute approximate surface area is 171 Å². The minimum Gasteiger partial charge on any atom is -0.355 e. The number of amides is 1. The number of hydrogen-bond acceptors (Lipinski definition) is 9. The van der Waals surface area contributed by atoms with Crippen molar-refractivity contribution in [3.8, 4) is 17.1 Å². The third-order valence-corrected chi connectivity index (χ3v) is 4.86. The van der Waals surface area contributed by atoms with Crippen LogP contribution in [0, 0.1) is 0 Å². The second-order valence-electron chi connectivity index (χ2n) is 6.69. The lowest BCUT2D eigenvalue weighted by atomic mass is 10.2. The van der Waals surface area contributed by atoms with Crippen LogP contribution in [0.3, 0.4) is 0 Å². The van der Waals surface area contributed by atoms with Gasteiger partial charge in [-0.15, -0.1) is 10.2 Å². The standard InChI is InChI=1S/C19H17N9O2/c29-19(15-10-16(30-25-15)14-2-1-5-20-11-14)27-8-6-26(7-9-27)17-3-4-18(24-23-17)28-13-21-12-22-28/h1-5,10-13H,6-9H2. The molecule has 1 aliphatic heterocycles. The molecule has 5 rings (SSSR count). The maximum absolute atomic E-state index is 12.8. The Morgan fingerprint density at radius 1 is 1.00 bits per heavy atom. The molecular formula is C19H17N9O2. The van der Waals surface area contributed by atoms with E-state index < -0.39 is 0 Å². The predicted molar refractivity (Wildman–Crippen MR) is 105 cm³/mol. The van der Waals surface area contributed by atoms with Crippen molar-refractivity contribution in [2.75, 3.05) is 31.1 Å². The first-order valence-corrected chi connectivity index (χ1v) is 9.38. The fraction of sp³-hybridized carbons (Fsp3) is 0.211. The van der Waals surface area contributed by atoms with Crippen LogP contribution in [0.5, 0.6) is 0 Å². The van der Waals surface area contributed by atoms with Crippen LogP contribution in [-0.2, 0) is 0 Å². The van der Waals surface area contributed by atoms with E-state index in [2.05, 4.69) is 35.3 Å². The normalized spacial score (nSPS) is 14.1. The van der Waals surface area contributed by atoms with Crippen molar-refractivity contribution in [2.45, 2.75) is 0 Å². The van der Waals surface area contributed by atoms with Crippen LogP contribution >= 0.6 is 0 Å². The van der Waals surface area contributed by atoms with E-state index in [0.717, 1.165) is 11.4 Å². The first-order valence-electron chi connectivity index (χ1n) is 9.38. The molecule has 11 heteroatoms. The van der Waals surface area contributed by atoms with Crippen LogP contribution < -0.4 is 4.90 Å². The third-order valence-electron chi connectivity index (χ3n) is 4.86. The molecule has 0 radical (unpaired) electrons. The summed E-state index contributed by atoms with van der Waals surface area (Å²) in [6, 6.07) is 9.04. The molecule has 1 saturated heterocycles. The fourth-order valence-corrected chi connectivity index (χ4v) is 3.26. The van der Waals surface area contributed by atoms with Crippen LogP contribution in [0.2, 0.25) is 0 Å². The molecule has 150 valence electrons. The number of rotatable bonds is 4. The van der Waals surface area contributed by atoms with Gasteiger partial charge in [0.05, 0.1) is 0 Å². The summed E-state index contributed by atoms with van der Waals surface area (Å²) in [7, 11) is 0. The molecule has 0 bridgehead atoms. The maximum atomic E-state index is 12.8. The molecule has 0 atom stereocenters. The fourth-order valence-electron chi connectivity index (χ4n) is 3.26. The molecule has 1 fully saturated rings. The Morgan fingerprint density at radius 2 is 1.83 bits per heavy atom. The molecule has 1 aliphatic rings. The smallest absolute Gasteiger partial charge is 0.276 e. The zero-order chi connectivity index (χ0) is 20.3. The minimum atomic E-state index is -0.152. The molecule has 0 spiro atoms. The van der Waals surface area contributed by atoms with Crippen molar-refractivity contribution < 1.29 is 9.32 Å². The summed E-state index contributed by atoms with van der Waals surface area (Å²) in [5.41, 5.74) is 1.07. The highest BCUT2D eigenvalue weighted by Crippen LogP contribution is 2.20. The van der Waals surface area contributed by atoms with Crippen LogP contribution in [0.25, 0.3) is 17.1 Å². The second kappa shape index (κ2) is 7.70. The number of carbonyl (C=O) groups excluding carboxylic acids is 1. The number of pyridine rings is 1. The number of nitrogens with zero attached hydrogens (tertiary/aromatic N) is 9. The molecule has 4 aromatic heterocycles. The SMILES string of the molecule is O=C(c1cc(-c2cccnc2)on1)N1CCN(c2ccc(-n3cncn3)nn2)CC1. The summed E-state index contributed by atoms with van der Waals surface area (Å²) < 4.78 is 6.86. The molecule has 0 aliphatic carbocycles. The van der Waals surface area contributed by atoms with Crippen molar-refractivity contribution in [1.29, 1.82) is 0 Å². The summed E-state index contributed by atoms with van der Waals surface area (Å²) >= 11 is 0. The van der Waals surface area contributed by atoms with Gasteiger partial charge in [0.1, 0.15) is 12.7 Å². The number of piperazine rings is 1. The molecule has 30 heavy (non-hydrogen) atoms. The van der Waals surface area contributed by atoms with Gasteiger partial charge in [0.2, 0.25) is 0 Å². The van der Waals surface area contributed by atoms with Crippen molar-refractivity contribution in [3.05, 3.63) is 61.1 Å². The van der Waals surface area contributed by atoms with Crippen molar-refractivity contribution in [2.24, 2.45) is 0 Å². The van der Waals surface area contributed by atoms with Gasteiger partial charge in [0.25, 0.3) is 5.91 Å². The topological polar surface area (TPSA) is 119 Å². The highest BCUT2D eigenvalue weighted by atomic mass is 16.5. The van der Waals surface area contributed by atoms with Gasteiger partial charge < -0.3 is 14.3 Å². The van der Waals surface area contributed by atoms with Crippen LogP contribution in [0.15, 0.2) is 59.9 Å². The minimum absolute atomic E-state index is 0.152. The molecule has 0 saturated carbocycles. The van der Waals surface area contributed by atoms with E-state index in [4.69, 9.17) is 4.52 Å². The molecule has 5 heterocycles. The van der Waals surface area contributed by atoms with Crippen LogP contribution in [0.4, 0.5) is 5.82 Å². The molecule has 11 nitrogen and oxygen atoms in total. The predicted octanol–water partition coefficient (Wildman–Crippen LogP) is 1.07. The lowest BCUT2D eigenvalue weighted by Gasteiger charge is -2.34. The Morgan fingerprint density at radius 3 is 2.53 bits per heavy atom. The quantitative estimate of drug-likeness (QED) is 0.493. The largest absolute Gasteiger partial charge is 0.355 e.